The monoisotopic (exact) mass is 392 g/mol. The quantitative estimate of drug-likeness (QED) is 0.437. The van der Waals surface area contributed by atoms with E-state index in [2.05, 4.69) is 5.32 Å². The Labute approximate surface area is 159 Å². The Morgan fingerprint density at radius 3 is 2.43 bits per heavy atom. The molecule has 0 aliphatic heterocycles. The van der Waals surface area contributed by atoms with Crippen LogP contribution in [0.5, 0.6) is 11.5 Å². The summed E-state index contributed by atoms with van der Waals surface area (Å²) in [4.78, 5) is 34.6. The Balaban J connectivity index is 2.12. The second-order valence-electron chi connectivity index (χ2n) is 5.52. The number of nitro groups is 1. The number of nitrogens with zero attached hydrogens (tertiary/aromatic N) is 1. The van der Waals surface area contributed by atoms with Crippen molar-refractivity contribution in [1.82, 2.24) is 0 Å². The van der Waals surface area contributed by atoms with Gasteiger partial charge in [0.05, 0.1) is 30.4 Å². The summed E-state index contributed by atoms with van der Waals surface area (Å²) in [6.07, 6.45) is -1.31. The van der Waals surface area contributed by atoms with Crippen molar-refractivity contribution >= 4 is 23.3 Å². The van der Waals surface area contributed by atoms with Crippen LogP contribution in [0.15, 0.2) is 36.4 Å². The summed E-state index contributed by atoms with van der Waals surface area (Å²) in [6.45, 7) is 1.28. The number of anilines is 1. The Morgan fingerprint density at radius 1 is 1.14 bits per heavy atom. The second-order valence-corrected chi connectivity index (χ2v) is 5.52. The minimum absolute atomic E-state index is 0.0280. The van der Waals surface area contributed by atoms with Gasteiger partial charge in [0.25, 0.3) is 11.6 Å². The highest BCUT2D eigenvalue weighted by molar-refractivity contribution is 5.98. The smallest absolute Gasteiger partial charge is 0.341 e. The molecule has 9 nitrogen and oxygen atoms in total. The van der Waals surface area contributed by atoms with Gasteiger partial charge in [0.1, 0.15) is 17.3 Å². The summed E-state index contributed by atoms with van der Waals surface area (Å²) in [6, 6.07) is 7.19. The fourth-order valence-corrected chi connectivity index (χ4v) is 2.21. The van der Waals surface area contributed by atoms with Crippen molar-refractivity contribution in [3.05, 3.63) is 57.9 Å². The molecule has 1 atom stereocenters. The molecular weight excluding hydrogens is 375 g/mol. The van der Waals surface area contributed by atoms with Crippen molar-refractivity contribution in [2.45, 2.75) is 13.0 Å². The Morgan fingerprint density at radius 2 is 1.86 bits per heavy atom. The van der Waals surface area contributed by atoms with Gasteiger partial charge in [0.2, 0.25) is 0 Å². The molecule has 2 aromatic rings. The highest BCUT2D eigenvalue weighted by Gasteiger charge is 2.23. The number of hydrogen-bond acceptors (Lipinski definition) is 7. The van der Waals surface area contributed by atoms with E-state index in [9.17, 15) is 24.1 Å². The number of carbonyl (C=O) groups excluding carboxylic acids is 2. The molecule has 1 N–H and O–H groups in total. The van der Waals surface area contributed by atoms with Gasteiger partial charge in [-0.3, -0.25) is 14.9 Å². The molecule has 0 unspecified atom stereocenters. The minimum Gasteiger partial charge on any atom is -0.497 e. The number of carbonyl (C=O) groups is 2. The lowest BCUT2D eigenvalue weighted by Crippen LogP contribution is -2.30. The first-order valence-electron chi connectivity index (χ1n) is 7.94. The number of nitro benzene ring substituents is 1. The van der Waals surface area contributed by atoms with E-state index in [0.717, 1.165) is 12.1 Å². The van der Waals surface area contributed by atoms with Gasteiger partial charge >= 0.3 is 5.97 Å². The molecule has 0 aliphatic rings. The van der Waals surface area contributed by atoms with E-state index < -0.39 is 28.7 Å². The van der Waals surface area contributed by atoms with Crippen LogP contribution in [0.2, 0.25) is 0 Å². The number of halogens is 1. The number of hydrogen-bond donors (Lipinski definition) is 1. The van der Waals surface area contributed by atoms with Crippen molar-refractivity contribution in [2.75, 3.05) is 19.5 Å². The zero-order valence-corrected chi connectivity index (χ0v) is 15.2. The van der Waals surface area contributed by atoms with Gasteiger partial charge in [0.15, 0.2) is 6.10 Å². The minimum atomic E-state index is -1.31. The van der Waals surface area contributed by atoms with Crippen molar-refractivity contribution in [3.63, 3.8) is 0 Å². The predicted octanol–water partition coefficient (Wildman–Crippen LogP) is 2.94. The van der Waals surface area contributed by atoms with Crippen molar-refractivity contribution in [2.24, 2.45) is 0 Å². The van der Waals surface area contributed by atoms with E-state index in [0.29, 0.717) is 0 Å². The third-order valence-corrected chi connectivity index (χ3v) is 3.70. The summed E-state index contributed by atoms with van der Waals surface area (Å²) in [5, 5.41) is 13.3. The van der Waals surface area contributed by atoms with Gasteiger partial charge in [-0.05, 0) is 25.1 Å². The van der Waals surface area contributed by atoms with E-state index >= 15 is 0 Å². The summed E-state index contributed by atoms with van der Waals surface area (Å²) >= 11 is 0. The largest absolute Gasteiger partial charge is 0.497 e. The maximum Gasteiger partial charge on any atom is 0.341 e. The normalized spacial score (nSPS) is 11.3. The lowest BCUT2D eigenvalue weighted by Gasteiger charge is -2.15. The fraction of sp³-hybridized carbons (Fsp3) is 0.222. The number of amides is 1. The van der Waals surface area contributed by atoms with Gasteiger partial charge in [0, 0.05) is 18.2 Å². The van der Waals surface area contributed by atoms with Crippen LogP contribution in [0.25, 0.3) is 0 Å². The number of non-ortho nitro benzene ring substituents is 1. The molecule has 0 aliphatic carbocycles. The molecule has 0 radical (unpaired) electrons. The van der Waals surface area contributed by atoms with Crippen LogP contribution in [0.1, 0.15) is 17.3 Å². The third kappa shape index (κ3) is 4.72. The van der Waals surface area contributed by atoms with Gasteiger partial charge < -0.3 is 19.5 Å². The lowest BCUT2D eigenvalue weighted by atomic mass is 10.2. The topological polar surface area (TPSA) is 117 Å². The van der Waals surface area contributed by atoms with Crippen molar-refractivity contribution in [1.29, 1.82) is 0 Å². The molecule has 0 aromatic heterocycles. The molecule has 0 fully saturated rings. The zero-order chi connectivity index (χ0) is 20.8. The molecule has 10 heteroatoms. The van der Waals surface area contributed by atoms with Crippen molar-refractivity contribution in [3.8, 4) is 11.5 Å². The summed E-state index contributed by atoms with van der Waals surface area (Å²) < 4.78 is 28.8. The molecule has 1 amide bonds. The summed E-state index contributed by atoms with van der Waals surface area (Å²) in [5.74, 6) is -2.29. The molecule has 28 heavy (non-hydrogen) atoms. The maximum atomic E-state index is 13.9. The van der Waals surface area contributed by atoms with Crippen LogP contribution in [0.4, 0.5) is 15.8 Å². The number of rotatable bonds is 7. The van der Waals surface area contributed by atoms with Crippen LogP contribution < -0.4 is 14.8 Å². The van der Waals surface area contributed by atoms with Crippen LogP contribution in [-0.4, -0.2) is 37.1 Å². The lowest BCUT2D eigenvalue weighted by molar-refractivity contribution is -0.384. The highest BCUT2D eigenvalue weighted by Crippen LogP contribution is 2.29. The molecule has 2 rings (SSSR count). The zero-order valence-electron chi connectivity index (χ0n) is 15.2. The molecule has 0 spiro atoms. The second kappa shape index (κ2) is 8.80. The predicted molar refractivity (Wildman–Crippen MR) is 96.1 cm³/mol. The molecule has 148 valence electrons. The van der Waals surface area contributed by atoms with E-state index in [-0.39, 0.29) is 28.4 Å². The average Bonchev–Trinajstić information content (AvgIpc) is 2.67. The number of esters is 1. The van der Waals surface area contributed by atoms with E-state index in [1.165, 1.54) is 45.4 Å². The number of ether oxygens (including phenoxy) is 3. The number of benzene rings is 2. The maximum absolute atomic E-state index is 13.9. The van der Waals surface area contributed by atoms with Gasteiger partial charge in [-0.1, -0.05) is 0 Å². The third-order valence-electron chi connectivity index (χ3n) is 3.70. The van der Waals surface area contributed by atoms with Crippen LogP contribution in [0, 0.1) is 15.9 Å². The van der Waals surface area contributed by atoms with Gasteiger partial charge in [-0.15, -0.1) is 0 Å². The van der Waals surface area contributed by atoms with Crippen molar-refractivity contribution < 1.29 is 33.1 Å². The summed E-state index contributed by atoms with van der Waals surface area (Å²) in [5.41, 5.74) is -0.602. The average molecular weight is 392 g/mol. The van der Waals surface area contributed by atoms with Crippen LogP contribution in [-0.2, 0) is 9.53 Å². The number of nitrogens with one attached hydrogen (secondary N) is 1. The number of methoxy groups -OCH3 is 2. The van der Waals surface area contributed by atoms with E-state index in [1.807, 2.05) is 0 Å². The van der Waals surface area contributed by atoms with Crippen LogP contribution >= 0.6 is 0 Å². The summed E-state index contributed by atoms with van der Waals surface area (Å²) in [7, 11) is 2.67. The molecule has 0 bridgehead atoms. The van der Waals surface area contributed by atoms with Gasteiger partial charge in [-0.2, -0.15) is 0 Å². The first-order chi connectivity index (χ1) is 13.3. The van der Waals surface area contributed by atoms with E-state index in [4.69, 9.17) is 14.2 Å². The molecule has 2 aromatic carbocycles. The standard InChI is InChI=1S/C18H17FN2O7/c1-10(28-18(23)13-6-5-12(26-2)9-14(13)19)17(22)20-15-8-11(21(24)25)4-7-16(15)27-3/h4-10H,1-3H3,(H,20,22)/t10-/m0/s1. The molecule has 0 saturated heterocycles. The van der Waals surface area contributed by atoms with E-state index in [1.54, 1.807) is 0 Å². The highest BCUT2D eigenvalue weighted by atomic mass is 19.1. The molecule has 0 heterocycles. The Bertz CT molecular complexity index is 917. The van der Waals surface area contributed by atoms with Gasteiger partial charge in [-0.25, -0.2) is 9.18 Å². The van der Waals surface area contributed by atoms with Crippen LogP contribution in [0.3, 0.4) is 0 Å². The fourth-order valence-electron chi connectivity index (χ4n) is 2.21. The SMILES string of the molecule is COc1ccc(C(=O)O[C@@H](C)C(=O)Nc2cc([N+](=O)[O-])ccc2OC)c(F)c1. The first kappa shape index (κ1) is 20.6. The molecular formula is C18H17FN2O7. The first-order valence-corrected chi connectivity index (χ1v) is 7.94. The molecule has 0 saturated carbocycles. The Hall–Kier alpha value is -3.69. The Kier molecular flexibility index (Phi) is 6.48.